The second-order valence-corrected chi connectivity index (χ2v) is 6.66. The summed E-state index contributed by atoms with van der Waals surface area (Å²) in [6, 6.07) is 17.7. The van der Waals surface area contributed by atoms with Crippen LogP contribution in [0.3, 0.4) is 0 Å². The summed E-state index contributed by atoms with van der Waals surface area (Å²) in [5.74, 6) is -0.138. The number of carbonyl (C=O) groups excluding carboxylic acids is 1. The van der Waals surface area contributed by atoms with Crippen LogP contribution in [0.2, 0.25) is 0 Å². The van der Waals surface area contributed by atoms with E-state index in [0.717, 1.165) is 32.7 Å². The number of hydrogen-bond donors (Lipinski definition) is 1. The van der Waals surface area contributed by atoms with E-state index in [9.17, 15) is 4.79 Å². The van der Waals surface area contributed by atoms with Crippen molar-refractivity contribution in [2.24, 2.45) is 0 Å². The van der Waals surface area contributed by atoms with Crippen molar-refractivity contribution < 1.29 is 4.79 Å². The zero-order valence-electron chi connectivity index (χ0n) is 13.6. The van der Waals surface area contributed by atoms with Crippen LogP contribution < -0.4 is 5.32 Å². The van der Waals surface area contributed by atoms with Crippen molar-refractivity contribution in [2.45, 2.75) is 6.92 Å². The van der Waals surface area contributed by atoms with Crippen LogP contribution in [-0.4, -0.2) is 15.9 Å². The molecule has 2 heterocycles. The molecule has 0 saturated heterocycles. The van der Waals surface area contributed by atoms with Gasteiger partial charge in [0.2, 0.25) is 0 Å². The first-order chi connectivity index (χ1) is 12.2. The zero-order valence-corrected chi connectivity index (χ0v) is 14.4. The minimum atomic E-state index is -0.138. The van der Waals surface area contributed by atoms with E-state index >= 15 is 0 Å². The average Bonchev–Trinajstić information content (AvgIpc) is 3.05. The third-order valence-corrected chi connectivity index (χ3v) is 5.15. The molecule has 25 heavy (non-hydrogen) atoms. The van der Waals surface area contributed by atoms with Gasteiger partial charge in [0.1, 0.15) is 9.88 Å². The van der Waals surface area contributed by atoms with Gasteiger partial charge in [-0.2, -0.15) is 0 Å². The van der Waals surface area contributed by atoms with E-state index in [1.54, 1.807) is 12.4 Å². The van der Waals surface area contributed by atoms with Gasteiger partial charge in [0.05, 0.1) is 5.69 Å². The van der Waals surface area contributed by atoms with Crippen LogP contribution in [0.4, 0.5) is 5.69 Å². The van der Waals surface area contributed by atoms with Gasteiger partial charge in [0.15, 0.2) is 0 Å². The number of anilines is 1. The quantitative estimate of drug-likeness (QED) is 0.573. The molecule has 0 aliphatic carbocycles. The Labute approximate surface area is 149 Å². The number of fused-ring (bicyclic) bond motifs is 1. The summed E-state index contributed by atoms with van der Waals surface area (Å²) >= 11 is 1.38. The van der Waals surface area contributed by atoms with Gasteiger partial charge in [-0.1, -0.05) is 36.4 Å². The number of nitrogens with zero attached hydrogens (tertiary/aromatic N) is 2. The van der Waals surface area contributed by atoms with E-state index in [2.05, 4.69) is 15.3 Å². The SMILES string of the molecule is Cc1nc(-c2cccnc2)sc1C(=O)Nc1cccc2ccccc12. The number of benzene rings is 2. The highest BCUT2D eigenvalue weighted by atomic mass is 32.1. The van der Waals surface area contributed by atoms with E-state index < -0.39 is 0 Å². The van der Waals surface area contributed by atoms with Crippen LogP contribution in [0.15, 0.2) is 67.0 Å². The first-order valence-electron chi connectivity index (χ1n) is 7.89. The van der Waals surface area contributed by atoms with Gasteiger partial charge < -0.3 is 5.32 Å². The highest BCUT2D eigenvalue weighted by molar-refractivity contribution is 7.17. The topological polar surface area (TPSA) is 54.9 Å². The third kappa shape index (κ3) is 3.02. The van der Waals surface area contributed by atoms with Gasteiger partial charge in [0, 0.05) is 29.0 Å². The molecule has 0 aliphatic rings. The first kappa shape index (κ1) is 15.5. The molecule has 122 valence electrons. The van der Waals surface area contributed by atoms with Gasteiger partial charge in [-0.3, -0.25) is 9.78 Å². The Hall–Kier alpha value is -3.05. The predicted molar refractivity (Wildman–Crippen MR) is 102 cm³/mol. The van der Waals surface area contributed by atoms with E-state index in [-0.39, 0.29) is 5.91 Å². The standard InChI is InChI=1S/C20H15N3OS/c1-13-18(25-20(22-13)15-8-5-11-21-12-15)19(24)23-17-10-4-7-14-6-2-3-9-16(14)17/h2-12H,1H3,(H,23,24). The number of aryl methyl sites for hydroxylation is 1. The van der Waals surface area contributed by atoms with Gasteiger partial charge in [0.25, 0.3) is 5.91 Å². The van der Waals surface area contributed by atoms with Crippen LogP contribution in [0.25, 0.3) is 21.3 Å². The molecular weight excluding hydrogens is 330 g/mol. The Kier molecular flexibility index (Phi) is 3.99. The molecule has 1 N–H and O–H groups in total. The van der Waals surface area contributed by atoms with E-state index in [4.69, 9.17) is 0 Å². The van der Waals surface area contributed by atoms with Gasteiger partial charge >= 0.3 is 0 Å². The van der Waals surface area contributed by atoms with Gasteiger partial charge in [-0.05, 0) is 30.5 Å². The second-order valence-electron chi connectivity index (χ2n) is 5.66. The molecule has 0 bridgehead atoms. The van der Waals surface area contributed by atoms with Gasteiger partial charge in [-0.25, -0.2) is 4.98 Å². The Morgan fingerprint density at radius 3 is 2.72 bits per heavy atom. The fourth-order valence-corrected chi connectivity index (χ4v) is 3.68. The van der Waals surface area contributed by atoms with Crippen LogP contribution in [0.5, 0.6) is 0 Å². The number of hydrogen-bond acceptors (Lipinski definition) is 4. The number of nitrogens with one attached hydrogen (secondary N) is 1. The monoisotopic (exact) mass is 345 g/mol. The number of carbonyl (C=O) groups is 1. The maximum absolute atomic E-state index is 12.8. The molecule has 0 fully saturated rings. The summed E-state index contributed by atoms with van der Waals surface area (Å²) in [5, 5.41) is 5.94. The number of thiazole rings is 1. The second kappa shape index (κ2) is 6.45. The number of pyridine rings is 1. The highest BCUT2D eigenvalue weighted by Crippen LogP contribution is 2.29. The molecule has 0 saturated carbocycles. The summed E-state index contributed by atoms with van der Waals surface area (Å²) in [7, 11) is 0. The Bertz CT molecular complexity index is 1050. The lowest BCUT2D eigenvalue weighted by Crippen LogP contribution is -2.11. The fourth-order valence-electron chi connectivity index (χ4n) is 2.73. The van der Waals surface area contributed by atoms with Gasteiger partial charge in [-0.15, -0.1) is 11.3 Å². The summed E-state index contributed by atoms with van der Waals surface area (Å²) in [5.41, 5.74) is 2.44. The lowest BCUT2D eigenvalue weighted by atomic mass is 10.1. The van der Waals surface area contributed by atoms with Crippen LogP contribution in [0.1, 0.15) is 15.4 Å². The number of amides is 1. The van der Waals surface area contributed by atoms with Crippen molar-refractivity contribution in [2.75, 3.05) is 5.32 Å². The van der Waals surface area contributed by atoms with Crippen molar-refractivity contribution in [1.29, 1.82) is 0 Å². The smallest absolute Gasteiger partial charge is 0.267 e. The molecule has 4 rings (SSSR count). The summed E-state index contributed by atoms with van der Waals surface area (Å²) in [6.07, 6.45) is 3.47. The summed E-state index contributed by atoms with van der Waals surface area (Å²) in [6.45, 7) is 1.86. The Morgan fingerprint density at radius 1 is 1.04 bits per heavy atom. The van der Waals surface area contributed by atoms with Crippen LogP contribution in [0, 0.1) is 6.92 Å². The van der Waals surface area contributed by atoms with Crippen molar-refractivity contribution in [3.8, 4) is 10.6 Å². The fraction of sp³-hybridized carbons (Fsp3) is 0.0500. The number of aromatic nitrogens is 2. The number of rotatable bonds is 3. The molecule has 0 spiro atoms. The summed E-state index contributed by atoms with van der Waals surface area (Å²) < 4.78 is 0. The maximum atomic E-state index is 12.8. The maximum Gasteiger partial charge on any atom is 0.267 e. The van der Waals surface area contributed by atoms with Crippen LogP contribution in [-0.2, 0) is 0 Å². The Morgan fingerprint density at radius 2 is 1.88 bits per heavy atom. The van der Waals surface area contributed by atoms with Crippen LogP contribution >= 0.6 is 11.3 Å². The minimum Gasteiger partial charge on any atom is -0.321 e. The zero-order chi connectivity index (χ0) is 17.2. The summed E-state index contributed by atoms with van der Waals surface area (Å²) in [4.78, 5) is 22.0. The van der Waals surface area contributed by atoms with E-state index in [0.29, 0.717) is 4.88 Å². The molecule has 0 atom stereocenters. The molecule has 1 amide bonds. The molecule has 4 aromatic rings. The van der Waals surface area contributed by atoms with Crippen molar-refractivity contribution in [3.05, 3.63) is 77.6 Å². The van der Waals surface area contributed by atoms with E-state index in [1.165, 1.54) is 11.3 Å². The first-order valence-corrected chi connectivity index (χ1v) is 8.71. The molecule has 0 aliphatic heterocycles. The van der Waals surface area contributed by atoms with Crippen molar-refractivity contribution >= 4 is 33.7 Å². The minimum absolute atomic E-state index is 0.138. The average molecular weight is 345 g/mol. The van der Waals surface area contributed by atoms with Crippen molar-refractivity contribution in [3.63, 3.8) is 0 Å². The molecule has 5 heteroatoms. The Balaban J connectivity index is 1.66. The van der Waals surface area contributed by atoms with Crippen molar-refractivity contribution in [1.82, 2.24) is 9.97 Å². The van der Waals surface area contributed by atoms with E-state index in [1.807, 2.05) is 61.5 Å². The predicted octanol–water partition coefficient (Wildman–Crippen LogP) is 4.92. The lowest BCUT2D eigenvalue weighted by molar-refractivity contribution is 0.103. The molecule has 0 unspecified atom stereocenters. The molecule has 4 nitrogen and oxygen atoms in total. The highest BCUT2D eigenvalue weighted by Gasteiger charge is 2.17. The molecule has 0 radical (unpaired) electrons. The molecule has 2 aromatic heterocycles. The molecule has 2 aromatic carbocycles. The lowest BCUT2D eigenvalue weighted by Gasteiger charge is -2.08. The largest absolute Gasteiger partial charge is 0.321 e. The normalized spacial score (nSPS) is 10.8. The molecular formula is C20H15N3OS. The third-order valence-electron chi connectivity index (χ3n) is 3.95.